The van der Waals surface area contributed by atoms with Gasteiger partial charge in [-0.25, -0.2) is 0 Å². The molecular formula is C8H16O3. The van der Waals surface area contributed by atoms with Crippen molar-refractivity contribution < 1.29 is 14.6 Å². The summed E-state index contributed by atoms with van der Waals surface area (Å²) in [6, 6.07) is 0. The molecule has 3 heteroatoms. The zero-order chi connectivity index (χ0) is 8.32. The Morgan fingerprint density at radius 1 is 1.64 bits per heavy atom. The fourth-order valence-electron chi connectivity index (χ4n) is 1.37. The second kappa shape index (κ2) is 3.52. The number of aliphatic hydroxyl groups is 1. The van der Waals surface area contributed by atoms with E-state index in [0.717, 1.165) is 12.8 Å². The molecule has 1 fully saturated rings. The van der Waals surface area contributed by atoms with Crippen molar-refractivity contribution in [2.45, 2.75) is 38.6 Å². The lowest BCUT2D eigenvalue weighted by molar-refractivity contribution is -0.161. The van der Waals surface area contributed by atoms with E-state index in [1.165, 1.54) is 0 Å². The highest BCUT2D eigenvalue weighted by molar-refractivity contribution is 4.73. The zero-order valence-electron chi connectivity index (χ0n) is 7.17. The van der Waals surface area contributed by atoms with E-state index in [2.05, 4.69) is 6.92 Å². The first-order valence-electron chi connectivity index (χ1n) is 4.13. The summed E-state index contributed by atoms with van der Waals surface area (Å²) >= 11 is 0. The Kier molecular flexibility index (Phi) is 2.87. The van der Waals surface area contributed by atoms with Crippen LogP contribution in [0.3, 0.4) is 0 Å². The molecule has 66 valence electrons. The van der Waals surface area contributed by atoms with Crippen LogP contribution in [0.5, 0.6) is 0 Å². The molecular weight excluding hydrogens is 144 g/mol. The maximum atomic E-state index is 8.76. The molecule has 0 spiro atoms. The molecule has 1 aliphatic heterocycles. The summed E-state index contributed by atoms with van der Waals surface area (Å²) in [7, 11) is 0. The smallest absolute Gasteiger partial charge is 0.166 e. The summed E-state index contributed by atoms with van der Waals surface area (Å²) < 4.78 is 10.9. The van der Waals surface area contributed by atoms with Crippen molar-refractivity contribution in [3.8, 4) is 0 Å². The van der Waals surface area contributed by atoms with Crippen molar-refractivity contribution >= 4 is 0 Å². The van der Waals surface area contributed by atoms with Gasteiger partial charge in [-0.05, 0) is 6.92 Å². The average Bonchev–Trinajstić information content (AvgIpc) is 2.33. The Balaban J connectivity index is 2.37. The topological polar surface area (TPSA) is 38.7 Å². The summed E-state index contributed by atoms with van der Waals surface area (Å²) in [5.41, 5.74) is 0. The minimum absolute atomic E-state index is 0.0549. The molecule has 0 unspecified atom stereocenters. The van der Waals surface area contributed by atoms with Crippen LogP contribution in [0.4, 0.5) is 0 Å². The Labute approximate surface area is 67.3 Å². The second-order valence-electron chi connectivity index (χ2n) is 3.12. The molecule has 0 radical (unpaired) electrons. The molecule has 0 bridgehead atoms. The van der Waals surface area contributed by atoms with Crippen LogP contribution in [0.2, 0.25) is 0 Å². The molecule has 2 atom stereocenters. The van der Waals surface area contributed by atoms with Crippen LogP contribution in [-0.4, -0.2) is 30.2 Å². The summed E-state index contributed by atoms with van der Waals surface area (Å²) in [6.45, 7) is 4.59. The van der Waals surface area contributed by atoms with Crippen LogP contribution in [-0.2, 0) is 9.47 Å². The lowest BCUT2D eigenvalue weighted by atomic mass is 10.2. The van der Waals surface area contributed by atoms with Crippen molar-refractivity contribution in [2.24, 2.45) is 0 Å². The highest BCUT2D eigenvalue weighted by atomic mass is 16.7. The first-order chi connectivity index (χ1) is 5.20. The lowest BCUT2D eigenvalue weighted by Crippen LogP contribution is -2.27. The molecule has 0 aromatic heterocycles. The van der Waals surface area contributed by atoms with Gasteiger partial charge in [0.2, 0.25) is 0 Å². The average molecular weight is 160 g/mol. The van der Waals surface area contributed by atoms with Gasteiger partial charge in [0, 0.05) is 6.42 Å². The number of rotatable bonds is 3. The molecule has 0 amide bonds. The Bertz CT molecular complexity index is 127. The Morgan fingerprint density at radius 2 is 2.36 bits per heavy atom. The first kappa shape index (κ1) is 8.97. The van der Waals surface area contributed by atoms with Crippen molar-refractivity contribution in [3.05, 3.63) is 0 Å². The predicted molar refractivity (Wildman–Crippen MR) is 41.2 cm³/mol. The first-order valence-corrected chi connectivity index (χ1v) is 4.13. The Hall–Kier alpha value is -0.120. The highest BCUT2D eigenvalue weighted by Crippen LogP contribution is 2.27. The normalized spacial score (nSPS) is 37.9. The number of aliphatic hydroxyl groups excluding tert-OH is 1. The van der Waals surface area contributed by atoms with Crippen LogP contribution in [0, 0.1) is 0 Å². The lowest BCUT2D eigenvalue weighted by Gasteiger charge is -2.21. The van der Waals surface area contributed by atoms with Crippen LogP contribution in [0.1, 0.15) is 26.7 Å². The van der Waals surface area contributed by atoms with Gasteiger partial charge in [-0.2, -0.15) is 0 Å². The third kappa shape index (κ3) is 2.15. The van der Waals surface area contributed by atoms with Gasteiger partial charge in [0.05, 0.1) is 13.2 Å². The molecule has 11 heavy (non-hydrogen) atoms. The maximum Gasteiger partial charge on any atom is 0.166 e. The number of ether oxygens (including phenoxy) is 2. The van der Waals surface area contributed by atoms with E-state index >= 15 is 0 Å². The molecule has 0 aliphatic carbocycles. The summed E-state index contributed by atoms with van der Waals surface area (Å²) in [4.78, 5) is 0. The minimum atomic E-state index is -0.442. The summed E-state index contributed by atoms with van der Waals surface area (Å²) in [6.07, 6.45) is 1.81. The van der Waals surface area contributed by atoms with Gasteiger partial charge >= 0.3 is 0 Å². The summed E-state index contributed by atoms with van der Waals surface area (Å²) in [5.74, 6) is -0.442. The molecule has 1 rings (SSSR count). The predicted octanol–water partition coefficient (Wildman–Crippen LogP) is 0.910. The van der Waals surface area contributed by atoms with Crippen LogP contribution in [0.25, 0.3) is 0 Å². The van der Waals surface area contributed by atoms with Gasteiger partial charge in [0.15, 0.2) is 5.79 Å². The zero-order valence-corrected chi connectivity index (χ0v) is 7.17. The summed E-state index contributed by atoms with van der Waals surface area (Å²) in [5, 5.41) is 8.76. The van der Waals surface area contributed by atoms with Gasteiger partial charge in [-0.1, -0.05) is 13.3 Å². The van der Waals surface area contributed by atoms with E-state index in [9.17, 15) is 0 Å². The maximum absolute atomic E-state index is 8.76. The molecule has 1 heterocycles. The van der Waals surface area contributed by atoms with E-state index in [4.69, 9.17) is 14.6 Å². The van der Waals surface area contributed by atoms with Crippen LogP contribution >= 0.6 is 0 Å². The van der Waals surface area contributed by atoms with E-state index in [-0.39, 0.29) is 12.7 Å². The molecule has 0 aromatic carbocycles. The molecule has 1 N–H and O–H groups in total. The number of hydrogen-bond donors (Lipinski definition) is 1. The molecule has 1 saturated heterocycles. The van der Waals surface area contributed by atoms with E-state index in [1.807, 2.05) is 6.92 Å². The van der Waals surface area contributed by atoms with Gasteiger partial charge < -0.3 is 14.6 Å². The standard InChI is InChI=1S/C8H16O3/c1-3-4-8(2)10-6-7(5-9)11-8/h7,9H,3-6H2,1-2H3/t7-,8+/m1/s1. The van der Waals surface area contributed by atoms with Crippen LogP contribution in [0.15, 0.2) is 0 Å². The molecule has 0 saturated carbocycles. The monoisotopic (exact) mass is 160 g/mol. The molecule has 1 aliphatic rings. The van der Waals surface area contributed by atoms with Crippen molar-refractivity contribution in [1.29, 1.82) is 0 Å². The van der Waals surface area contributed by atoms with Gasteiger partial charge in [-0.15, -0.1) is 0 Å². The molecule has 0 aromatic rings. The van der Waals surface area contributed by atoms with Crippen LogP contribution < -0.4 is 0 Å². The third-order valence-corrected chi connectivity index (χ3v) is 1.90. The highest BCUT2D eigenvalue weighted by Gasteiger charge is 2.35. The number of hydrogen-bond acceptors (Lipinski definition) is 3. The third-order valence-electron chi connectivity index (χ3n) is 1.90. The van der Waals surface area contributed by atoms with E-state index in [1.54, 1.807) is 0 Å². The fraction of sp³-hybridized carbons (Fsp3) is 1.00. The van der Waals surface area contributed by atoms with Crippen molar-refractivity contribution in [2.75, 3.05) is 13.2 Å². The molecule has 3 nitrogen and oxygen atoms in total. The fourth-order valence-corrected chi connectivity index (χ4v) is 1.37. The Morgan fingerprint density at radius 3 is 2.82 bits per heavy atom. The minimum Gasteiger partial charge on any atom is -0.394 e. The SMILES string of the molecule is CCC[C@@]1(C)OC[C@@H](CO)O1. The van der Waals surface area contributed by atoms with Gasteiger partial charge in [0.1, 0.15) is 6.10 Å². The van der Waals surface area contributed by atoms with Gasteiger partial charge in [0.25, 0.3) is 0 Å². The van der Waals surface area contributed by atoms with E-state index in [0.29, 0.717) is 6.61 Å². The largest absolute Gasteiger partial charge is 0.394 e. The van der Waals surface area contributed by atoms with Crippen molar-refractivity contribution in [3.63, 3.8) is 0 Å². The van der Waals surface area contributed by atoms with Gasteiger partial charge in [-0.3, -0.25) is 0 Å². The quantitative estimate of drug-likeness (QED) is 0.667. The van der Waals surface area contributed by atoms with E-state index < -0.39 is 5.79 Å². The second-order valence-corrected chi connectivity index (χ2v) is 3.12. The van der Waals surface area contributed by atoms with Crippen molar-refractivity contribution in [1.82, 2.24) is 0 Å².